The summed E-state index contributed by atoms with van der Waals surface area (Å²) in [5.41, 5.74) is 0.860. The van der Waals surface area contributed by atoms with Crippen LogP contribution in [0.3, 0.4) is 0 Å². The van der Waals surface area contributed by atoms with Gasteiger partial charge in [-0.1, -0.05) is 45.6 Å². The zero-order valence-electron chi connectivity index (χ0n) is 15.5. The molecule has 0 atom stereocenters. The number of rotatable bonds is 9. The average molecular weight is 458 g/mol. The Kier molecular flexibility index (Phi) is 10.4. The van der Waals surface area contributed by atoms with Crippen molar-refractivity contribution in [2.75, 3.05) is 13.6 Å². The van der Waals surface area contributed by atoms with E-state index in [0.29, 0.717) is 6.54 Å². The molecule has 0 radical (unpaired) electrons. The maximum absolute atomic E-state index is 4.26. The minimum Gasteiger partial charge on any atom is -0.356 e. The quantitative estimate of drug-likeness (QED) is 0.261. The van der Waals surface area contributed by atoms with Crippen molar-refractivity contribution in [3.63, 3.8) is 0 Å². The Hall–Kier alpha value is -1.38. The monoisotopic (exact) mass is 458 g/mol. The zero-order valence-corrected chi connectivity index (χ0v) is 17.9. The lowest BCUT2D eigenvalue weighted by molar-refractivity contribution is 0.518. The first-order valence-corrected chi connectivity index (χ1v) is 8.94. The van der Waals surface area contributed by atoms with E-state index in [0.717, 1.165) is 29.9 Å². The lowest BCUT2D eigenvalue weighted by Crippen LogP contribution is -2.37. The van der Waals surface area contributed by atoms with E-state index in [1.54, 1.807) is 7.05 Å². The van der Waals surface area contributed by atoms with E-state index in [2.05, 4.69) is 39.7 Å². The number of unbranched alkanes of at least 4 members (excludes halogenated alkanes) is 3. The van der Waals surface area contributed by atoms with Gasteiger partial charge in [0.1, 0.15) is 0 Å². The third-order valence-electron chi connectivity index (χ3n) is 4.02. The molecule has 0 saturated heterocycles. The standard InChI is InChI=1S/C18H30N6.HI/c1-15(2)10-6-4-5-8-12-20-18(19-3)21-14-17-23-22-16-11-7-9-13-24(16)17;/h7,9,11,13,15H,4-6,8,10,12,14H2,1-3H3,(H2,19,20,21);1H. The number of aromatic nitrogens is 3. The van der Waals surface area contributed by atoms with Crippen molar-refractivity contribution in [3.8, 4) is 0 Å². The normalized spacial score (nSPS) is 11.6. The number of hydrogen-bond acceptors (Lipinski definition) is 3. The largest absolute Gasteiger partial charge is 0.356 e. The summed E-state index contributed by atoms with van der Waals surface area (Å²) in [6, 6.07) is 5.89. The molecule has 2 N–H and O–H groups in total. The Morgan fingerprint density at radius 1 is 1.12 bits per heavy atom. The summed E-state index contributed by atoms with van der Waals surface area (Å²) in [4.78, 5) is 4.26. The molecule has 140 valence electrons. The molecule has 6 nitrogen and oxygen atoms in total. The molecule has 0 fully saturated rings. The third kappa shape index (κ3) is 7.58. The fourth-order valence-corrected chi connectivity index (χ4v) is 2.63. The smallest absolute Gasteiger partial charge is 0.191 e. The van der Waals surface area contributed by atoms with E-state index in [1.165, 1.54) is 32.1 Å². The van der Waals surface area contributed by atoms with Crippen LogP contribution in [0.25, 0.3) is 5.65 Å². The molecule has 0 amide bonds. The topological polar surface area (TPSA) is 66.6 Å². The Balaban J connectivity index is 0.00000312. The molecular formula is C18H31IN6. The predicted octanol–water partition coefficient (Wildman–Crippen LogP) is 3.62. The number of aliphatic imine (C=N–C) groups is 1. The number of halogens is 1. The Morgan fingerprint density at radius 2 is 1.92 bits per heavy atom. The molecule has 7 heteroatoms. The Labute approximate surface area is 167 Å². The van der Waals surface area contributed by atoms with Crippen molar-refractivity contribution in [1.29, 1.82) is 0 Å². The Morgan fingerprint density at radius 3 is 2.68 bits per heavy atom. The van der Waals surface area contributed by atoms with Gasteiger partial charge in [0.05, 0.1) is 6.54 Å². The number of nitrogens with zero attached hydrogens (tertiary/aromatic N) is 4. The van der Waals surface area contributed by atoms with Gasteiger partial charge in [0.15, 0.2) is 17.4 Å². The molecule has 0 aromatic carbocycles. The van der Waals surface area contributed by atoms with Crippen LogP contribution in [0.5, 0.6) is 0 Å². The summed E-state index contributed by atoms with van der Waals surface area (Å²) in [6.45, 7) is 6.12. The minimum atomic E-state index is 0. The highest BCUT2D eigenvalue weighted by Gasteiger charge is 2.05. The van der Waals surface area contributed by atoms with Gasteiger partial charge in [-0.25, -0.2) is 0 Å². The zero-order chi connectivity index (χ0) is 17.2. The van der Waals surface area contributed by atoms with Gasteiger partial charge in [0.2, 0.25) is 0 Å². The van der Waals surface area contributed by atoms with Crippen molar-refractivity contribution in [2.45, 2.75) is 52.5 Å². The SMILES string of the molecule is CN=C(NCCCCCCC(C)C)NCc1nnc2ccccn12.I. The van der Waals surface area contributed by atoms with E-state index in [9.17, 15) is 0 Å². The second-order valence-electron chi connectivity index (χ2n) is 6.49. The molecule has 2 aromatic rings. The maximum atomic E-state index is 4.26. The van der Waals surface area contributed by atoms with Crippen molar-refractivity contribution < 1.29 is 0 Å². The first-order chi connectivity index (χ1) is 11.7. The molecular weight excluding hydrogens is 427 g/mol. The van der Waals surface area contributed by atoms with E-state index in [4.69, 9.17) is 0 Å². The summed E-state index contributed by atoms with van der Waals surface area (Å²) in [6.07, 6.45) is 8.41. The summed E-state index contributed by atoms with van der Waals surface area (Å²) in [5, 5.41) is 15.0. The number of nitrogens with one attached hydrogen (secondary N) is 2. The van der Waals surface area contributed by atoms with Gasteiger partial charge >= 0.3 is 0 Å². The molecule has 2 rings (SSSR count). The van der Waals surface area contributed by atoms with Crippen LogP contribution in [-0.4, -0.2) is 34.2 Å². The van der Waals surface area contributed by atoms with Gasteiger partial charge < -0.3 is 10.6 Å². The number of hydrogen-bond donors (Lipinski definition) is 2. The van der Waals surface area contributed by atoms with Crippen LogP contribution in [0.2, 0.25) is 0 Å². The second kappa shape index (κ2) is 12.1. The van der Waals surface area contributed by atoms with Crippen LogP contribution in [0.1, 0.15) is 51.8 Å². The summed E-state index contributed by atoms with van der Waals surface area (Å²) >= 11 is 0. The van der Waals surface area contributed by atoms with Gasteiger partial charge in [0.25, 0.3) is 0 Å². The summed E-state index contributed by atoms with van der Waals surface area (Å²) in [7, 11) is 1.79. The highest BCUT2D eigenvalue weighted by atomic mass is 127. The lowest BCUT2D eigenvalue weighted by Gasteiger charge is -2.11. The highest BCUT2D eigenvalue weighted by Crippen LogP contribution is 2.09. The summed E-state index contributed by atoms with van der Waals surface area (Å²) in [5.74, 6) is 2.51. The van der Waals surface area contributed by atoms with Gasteiger partial charge in [0, 0.05) is 19.8 Å². The van der Waals surface area contributed by atoms with Crippen molar-refractivity contribution in [1.82, 2.24) is 25.2 Å². The molecule has 2 aromatic heterocycles. The fourth-order valence-electron chi connectivity index (χ4n) is 2.63. The molecule has 0 spiro atoms. The maximum Gasteiger partial charge on any atom is 0.191 e. The van der Waals surface area contributed by atoms with E-state index in [1.807, 2.05) is 28.8 Å². The molecule has 0 bridgehead atoms. The fraction of sp³-hybridized carbons (Fsp3) is 0.611. The molecule has 0 unspecified atom stereocenters. The van der Waals surface area contributed by atoms with Gasteiger partial charge in [-0.15, -0.1) is 34.2 Å². The lowest BCUT2D eigenvalue weighted by atomic mass is 10.0. The number of fused-ring (bicyclic) bond motifs is 1. The van der Waals surface area contributed by atoms with Crippen LogP contribution >= 0.6 is 24.0 Å². The number of guanidine groups is 1. The van der Waals surface area contributed by atoms with Gasteiger partial charge in [-0.3, -0.25) is 9.39 Å². The third-order valence-corrected chi connectivity index (χ3v) is 4.02. The predicted molar refractivity (Wildman–Crippen MR) is 115 cm³/mol. The van der Waals surface area contributed by atoms with Crippen LogP contribution in [0.15, 0.2) is 29.4 Å². The Bertz CT molecular complexity index is 637. The second-order valence-corrected chi connectivity index (χ2v) is 6.49. The van der Waals surface area contributed by atoms with Crippen LogP contribution in [0.4, 0.5) is 0 Å². The number of pyridine rings is 1. The van der Waals surface area contributed by atoms with Crippen LogP contribution in [-0.2, 0) is 6.54 Å². The van der Waals surface area contributed by atoms with E-state index in [-0.39, 0.29) is 24.0 Å². The first kappa shape index (κ1) is 21.7. The molecule has 0 aliphatic heterocycles. The van der Waals surface area contributed by atoms with Crippen LogP contribution < -0.4 is 10.6 Å². The average Bonchev–Trinajstić information content (AvgIpc) is 2.99. The molecule has 25 heavy (non-hydrogen) atoms. The van der Waals surface area contributed by atoms with Crippen molar-refractivity contribution >= 4 is 35.6 Å². The van der Waals surface area contributed by atoms with Crippen molar-refractivity contribution in [3.05, 3.63) is 30.2 Å². The highest BCUT2D eigenvalue weighted by molar-refractivity contribution is 14.0. The van der Waals surface area contributed by atoms with E-state index >= 15 is 0 Å². The molecule has 0 saturated carbocycles. The molecule has 0 aliphatic carbocycles. The van der Waals surface area contributed by atoms with Crippen LogP contribution in [0, 0.1) is 5.92 Å². The minimum absolute atomic E-state index is 0. The van der Waals surface area contributed by atoms with Gasteiger partial charge in [-0.05, 0) is 24.5 Å². The molecule has 0 aliphatic rings. The van der Waals surface area contributed by atoms with Crippen molar-refractivity contribution in [2.24, 2.45) is 10.9 Å². The van der Waals surface area contributed by atoms with E-state index < -0.39 is 0 Å². The molecule has 2 heterocycles. The van der Waals surface area contributed by atoms with Gasteiger partial charge in [-0.2, -0.15) is 0 Å². The first-order valence-electron chi connectivity index (χ1n) is 8.94. The summed E-state index contributed by atoms with van der Waals surface area (Å²) < 4.78 is 1.98.